The first-order valence-corrected chi connectivity index (χ1v) is 7.78. The highest BCUT2D eigenvalue weighted by Crippen LogP contribution is 2.03. The molecular formula is C15H33N3O. The van der Waals surface area contributed by atoms with Gasteiger partial charge in [0.25, 0.3) is 0 Å². The van der Waals surface area contributed by atoms with Crippen LogP contribution >= 0.6 is 0 Å². The summed E-state index contributed by atoms with van der Waals surface area (Å²) in [6.45, 7) is 11.7. The highest BCUT2D eigenvalue weighted by molar-refractivity contribution is 5.79. The zero-order valence-corrected chi connectivity index (χ0v) is 13.2. The second kappa shape index (κ2) is 11.2. The summed E-state index contributed by atoms with van der Waals surface area (Å²) < 4.78 is 0. The third kappa shape index (κ3) is 9.91. The van der Waals surface area contributed by atoms with Gasteiger partial charge < -0.3 is 16.0 Å². The van der Waals surface area contributed by atoms with E-state index in [2.05, 4.69) is 24.1 Å². The van der Waals surface area contributed by atoms with Crippen molar-refractivity contribution in [1.82, 2.24) is 10.2 Å². The zero-order chi connectivity index (χ0) is 14.7. The van der Waals surface area contributed by atoms with Crippen LogP contribution in [0.1, 0.15) is 59.8 Å². The lowest BCUT2D eigenvalue weighted by Crippen LogP contribution is -2.46. The van der Waals surface area contributed by atoms with Crippen molar-refractivity contribution in [2.24, 2.45) is 5.73 Å². The normalized spacial score (nSPS) is 13.2. The van der Waals surface area contributed by atoms with Gasteiger partial charge in [-0.2, -0.15) is 0 Å². The van der Waals surface area contributed by atoms with Crippen molar-refractivity contribution in [3.63, 3.8) is 0 Å². The lowest BCUT2D eigenvalue weighted by atomic mass is 10.1. The van der Waals surface area contributed by atoms with E-state index in [4.69, 9.17) is 5.73 Å². The molecule has 0 aromatic heterocycles. The van der Waals surface area contributed by atoms with Crippen LogP contribution in [0.25, 0.3) is 0 Å². The number of nitrogens with one attached hydrogen (secondary N) is 1. The summed E-state index contributed by atoms with van der Waals surface area (Å²) in [6, 6.07) is 0.0861. The molecule has 1 unspecified atom stereocenters. The maximum atomic E-state index is 11.4. The van der Waals surface area contributed by atoms with Gasteiger partial charge in [0.05, 0.1) is 6.04 Å². The highest BCUT2D eigenvalue weighted by atomic mass is 16.1. The number of rotatable bonds is 12. The third-order valence-electron chi connectivity index (χ3n) is 3.27. The van der Waals surface area contributed by atoms with Crippen LogP contribution in [0.5, 0.6) is 0 Å². The summed E-state index contributed by atoms with van der Waals surface area (Å²) in [5.74, 6) is -0.236. The molecule has 0 fully saturated rings. The van der Waals surface area contributed by atoms with E-state index in [0.29, 0.717) is 0 Å². The molecule has 0 radical (unpaired) electrons. The third-order valence-corrected chi connectivity index (χ3v) is 3.27. The summed E-state index contributed by atoms with van der Waals surface area (Å²) >= 11 is 0. The Morgan fingerprint density at radius 2 is 1.63 bits per heavy atom. The minimum absolute atomic E-state index is 0.203. The van der Waals surface area contributed by atoms with Crippen LogP contribution in [0.2, 0.25) is 0 Å². The fourth-order valence-corrected chi connectivity index (χ4v) is 2.12. The summed E-state index contributed by atoms with van der Waals surface area (Å²) in [5.41, 5.74) is 5.45. The molecule has 0 bridgehead atoms. The monoisotopic (exact) mass is 271 g/mol. The Hall–Kier alpha value is -0.610. The molecular weight excluding hydrogens is 238 g/mol. The molecule has 4 nitrogen and oxygen atoms in total. The summed E-state index contributed by atoms with van der Waals surface area (Å²) in [5, 5.41) is 3.25. The van der Waals surface area contributed by atoms with Crippen molar-refractivity contribution in [3.8, 4) is 0 Å². The Morgan fingerprint density at radius 3 is 2.00 bits per heavy atom. The van der Waals surface area contributed by atoms with Crippen molar-refractivity contribution >= 4 is 5.91 Å². The number of carbonyl (C=O) groups excluding carboxylic acids is 1. The molecule has 1 amide bonds. The molecule has 0 heterocycles. The van der Waals surface area contributed by atoms with Gasteiger partial charge in [-0.05, 0) is 32.4 Å². The molecule has 3 N–H and O–H groups in total. The molecule has 0 saturated heterocycles. The second-order valence-corrected chi connectivity index (χ2v) is 5.61. The number of amides is 1. The van der Waals surface area contributed by atoms with E-state index in [1.54, 1.807) is 0 Å². The number of primary amides is 1. The van der Waals surface area contributed by atoms with E-state index in [9.17, 15) is 4.79 Å². The van der Waals surface area contributed by atoms with E-state index in [0.717, 1.165) is 26.1 Å². The van der Waals surface area contributed by atoms with Gasteiger partial charge in [0, 0.05) is 12.6 Å². The van der Waals surface area contributed by atoms with Crippen LogP contribution in [0.3, 0.4) is 0 Å². The first kappa shape index (κ1) is 18.4. The fraction of sp³-hybridized carbons (Fsp3) is 0.933. The van der Waals surface area contributed by atoms with Crippen LogP contribution in [0, 0.1) is 0 Å². The number of carbonyl (C=O) groups is 1. The van der Waals surface area contributed by atoms with Crippen LogP contribution in [0.4, 0.5) is 0 Å². The van der Waals surface area contributed by atoms with Gasteiger partial charge in [-0.15, -0.1) is 0 Å². The molecule has 0 aromatic carbocycles. The van der Waals surface area contributed by atoms with Crippen LogP contribution in [0.15, 0.2) is 0 Å². The number of nitrogens with zero attached hydrogens (tertiary/aromatic N) is 1. The SMILES string of the molecule is CCCCN(CCCC)CCC(NC(C)C)C(N)=O. The molecule has 0 aliphatic carbocycles. The smallest absolute Gasteiger partial charge is 0.234 e. The van der Waals surface area contributed by atoms with E-state index in [1.807, 2.05) is 13.8 Å². The number of unbranched alkanes of at least 4 members (excludes halogenated alkanes) is 2. The topological polar surface area (TPSA) is 58.4 Å². The van der Waals surface area contributed by atoms with Gasteiger partial charge in [0.2, 0.25) is 5.91 Å². The maximum Gasteiger partial charge on any atom is 0.234 e. The molecule has 0 saturated carbocycles. The Bertz CT molecular complexity index is 223. The average Bonchev–Trinajstić information content (AvgIpc) is 2.35. The summed E-state index contributed by atoms with van der Waals surface area (Å²) in [6.07, 6.45) is 5.68. The van der Waals surface area contributed by atoms with Gasteiger partial charge in [-0.3, -0.25) is 4.79 Å². The quantitative estimate of drug-likeness (QED) is 0.572. The van der Waals surface area contributed by atoms with Gasteiger partial charge in [0.15, 0.2) is 0 Å². The molecule has 114 valence electrons. The van der Waals surface area contributed by atoms with Gasteiger partial charge in [-0.1, -0.05) is 40.5 Å². The molecule has 0 aliphatic heterocycles. The van der Waals surface area contributed by atoms with E-state index in [1.165, 1.54) is 25.7 Å². The van der Waals surface area contributed by atoms with Crippen molar-refractivity contribution in [2.75, 3.05) is 19.6 Å². The standard InChI is InChI=1S/C15H33N3O/c1-5-7-10-18(11-8-6-2)12-9-14(15(16)19)17-13(3)4/h13-14,17H,5-12H2,1-4H3,(H2,16,19). The Morgan fingerprint density at radius 1 is 1.11 bits per heavy atom. The van der Waals surface area contributed by atoms with E-state index < -0.39 is 0 Å². The Labute approximate surface area is 119 Å². The molecule has 0 rings (SSSR count). The molecule has 0 aromatic rings. The second-order valence-electron chi connectivity index (χ2n) is 5.61. The largest absolute Gasteiger partial charge is 0.368 e. The number of nitrogens with two attached hydrogens (primary N) is 1. The number of hydrogen-bond donors (Lipinski definition) is 2. The molecule has 4 heteroatoms. The lowest BCUT2D eigenvalue weighted by Gasteiger charge is -2.25. The minimum atomic E-state index is -0.236. The Kier molecular flexibility index (Phi) is 10.9. The lowest BCUT2D eigenvalue weighted by molar-refractivity contribution is -0.120. The predicted molar refractivity (Wildman–Crippen MR) is 82.1 cm³/mol. The summed E-state index contributed by atoms with van der Waals surface area (Å²) in [4.78, 5) is 13.9. The van der Waals surface area contributed by atoms with E-state index >= 15 is 0 Å². The fourth-order valence-electron chi connectivity index (χ4n) is 2.12. The highest BCUT2D eigenvalue weighted by Gasteiger charge is 2.17. The average molecular weight is 271 g/mol. The first-order valence-electron chi connectivity index (χ1n) is 7.78. The zero-order valence-electron chi connectivity index (χ0n) is 13.2. The van der Waals surface area contributed by atoms with Crippen molar-refractivity contribution in [2.45, 2.75) is 71.9 Å². The van der Waals surface area contributed by atoms with Crippen LogP contribution in [-0.2, 0) is 4.79 Å². The van der Waals surface area contributed by atoms with Gasteiger partial charge in [-0.25, -0.2) is 0 Å². The molecule has 0 aliphatic rings. The molecule has 0 spiro atoms. The van der Waals surface area contributed by atoms with Crippen molar-refractivity contribution < 1.29 is 4.79 Å². The van der Waals surface area contributed by atoms with E-state index in [-0.39, 0.29) is 18.0 Å². The predicted octanol–water partition coefficient (Wildman–Crippen LogP) is 2.13. The molecule has 19 heavy (non-hydrogen) atoms. The minimum Gasteiger partial charge on any atom is -0.368 e. The van der Waals surface area contributed by atoms with Gasteiger partial charge in [0.1, 0.15) is 0 Å². The molecule has 1 atom stereocenters. The van der Waals surface area contributed by atoms with Crippen LogP contribution < -0.4 is 11.1 Å². The number of hydrogen-bond acceptors (Lipinski definition) is 3. The first-order chi connectivity index (χ1) is 9.01. The maximum absolute atomic E-state index is 11.4. The van der Waals surface area contributed by atoms with Gasteiger partial charge >= 0.3 is 0 Å². The van der Waals surface area contributed by atoms with Crippen molar-refractivity contribution in [3.05, 3.63) is 0 Å². The summed E-state index contributed by atoms with van der Waals surface area (Å²) in [7, 11) is 0. The van der Waals surface area contributed by atoms with Crippen molar-refractivity contribution in [1.29, 1.82) is 0 Å². The Balaban J connectivity index is 4.18. The van der Waals surface area contributed by atoms with Crippen LogP contribution in [-0.4, -0.2) is 42.5 Å².